The second kappa shape index (κ2) is 5.26. The van der Waals surface area contributed by atoms with Crippen LogP contribution in [-0.2, 0) is 6.42 Å². The predicted molar refractivity (Wildman–Crippen MR) is 89.1 cm³/mol. The number of nitrogens with zero attached hydrogens (tertiary/aromatic N) is 3. The van der Waals surface area contributed by atoms with Crippen molar-refractivity contribution in [2.24, 2.45) is 5.92 Å². The number of benzene rings is 1. The molecule has 1 aromatic carbocycles. The summed E-state index contributed by atoms with van der Waals surface area (Å²) in [5.74, 6) is 0.627. The van der Waals surface area contributed by atoms with Crippen molar-refractivity contribution >= 4 is 16.3 Å². The first-order chi connectivity index (χ1) is 9.94. The quantitative estimate of drug-likeness (QED) is 0.708. The molecule has 3 aromatic rings. The highest BCUT2D eigenvalue weighted by atomic mass is 32.1. The van der Waals surface area contributed by atoms with Gasteiger partial charge in [-0.15, -0.1) is 0 Å². The van der Waals surface area contributed by atoms with Crippen molar-refractivity contribution in [3.63, 3.8) is 0 Å². The molecular weight excluding hydrogens is 278 g/mol. The average molecular weight is 299 g/mol. The third-order valence-electron chi connectivity index (χ3n) is 3.60. The lowest BCUT2D eigenvalue weighted by atomic mass is 9.98. The summed E-state index contributed by atoms with van der Waals surface area (Å²) in [6, 6.07) is 4.43. The van der Waals surface area contributed by atoms with E-state index >= 15 is 0 Å². The first-order valence-corrected chi connectivity index (χ1v) is 8.19. The maximum Gasteiger partial charge on any atom is 0.212 e. The van der Waals surface area contributed by atoms with E-state index in [-0.39, 0.29) is 0 Å². The molecule has 0 radical (unpaired) electrons. The number of aryl methyl sites for hydroxylation is 3. The summed E-state index contributed by atoms with van der Waals surface area (Å²) in [5.41, 5.74) is 6.12. The SMILES string of the molecule is Cc1cc(C)c(-c2cn3nc(CC(C)C)sc3n2)c(C)c1. The zero-order valence-corrected chi connectivity index (χ0v) is 14.1. The van der Waals surface area contributed by atoms with Gasteiger partial charge in [-0.2, -0.15) is 5.10 Å². The summed E-state index contributed by atoms with van der Waals surface area (Å²) in [5, 5.41) is 5.81. The number of imidazole rings is 1. The lowest BCUT2D eigenvalue weighted by Gasteiger charge is -2.08. The average Bonchev–Trinajstić information content (AvgIpc) is 2.84. The lowest BCUT2D eigenvalue weighted by Crippen LogP contribution is -1.94. The third kappa shape index (κ3) is 2.72. The number of fused-ring (bicyclic) bond motifs is 1. The fourth-order valence-corrected chi connectivity index (χ4v) is 3.96. The van der Waals surface area contributed by atoms with Gasteiger partial charge in [-0.1, -0.05) is 42.9 Å². The molecule has 0 spiro atoms. The van der Waals surface area contributed by atoms with Gasteiger partial charge in [0.15, 0.2) is 0 Å². The van der Waals surface area contributed by atoms with Gasteiger partial charge < -0.3 is 0 Å². The topological polar surface area (TPSA) is 30.2 Å². The first kappa shape index (κ1) is 14.3. The molecule has 2 aromatic heterocycles. The van der Waals surface area contributed by atoms with E-state index in [1.807, 2.05) is 4.52 Å². The predicted octanol–water partition coefficient (Wildman–Crippen LogP) is 4.58. The van der Waals surface area contributed by atoms with Crippen LogP contribution in [-0.4, -0.2) is 14.6 Å². The smallest absolute Gasteiger partial charge is 0.212 e. The molecule has 0 aliphatic carbocycles. The van der Waals surface area contributed by atoms with Crippen LogP contribution in [0.15, 0.2) is 18.3 Å². The van der Waals surface area contributed by atoms with Crippen LogP contribution in [0.3, 0.4) is 0 Å². The minimum atomic E-state index is 0.627. The highest BCUT2D eigenvalue weighted by Gasteiger charge is 2.14. The molecule has 0 N–H and O–H groups in total. The Morgan fingerprint density at radius 3 is 2.38 bits per heavy atom. The minimum absolute atomic E-state index is 0.627. The van der Waals surface area contributed by atoms with Crippen LogP contribution in [0.5, 0.6) is 0 Å². The fourth-order valence-electron chi connectivity index (χ4n) is 2.88. The van der Waals surface area contributed by atoms with E-state index in [4.69, 9.17) is 4.98 Å². The van der Waals surface area contributed by atoms with Gasteiger partial charge in [0.1, 0.15) is 5.01 Å². The Balaban J connectivity index is 2.04. The minimum Gasteiger partial charge on any atom is -0.217 e. The van der Waals surface area contributed by atoms with Crippen LogP contribution in [0.2, 0.25) is 0 Å². The van der Waals surface area contributed by atoms with E-state index in [0.717, 1.165) is 22.1 Å². The molecule has 0 saturated heterocycles. The van der Waals surface area contributed by atoms with Crippen LogP contribution in [0, 0.1) is 26.7 Å². The molecule has 3 nitrogen and oxygen atoms in total. The van der Waals surface area contributed by atoms with Crippen molar-refractivity contribution in [2.75, 3.05) is 0 Å². The molecule has 0 unspecified atom stereocenters. The molecule has 0 saturated carbocycles. The summed E-state index contributed by atoms with van der Waals surface area (Å²) in [6.07, 6.45) is 3.08. The van der Waals surface area contributed by atoms with Crippen molar-refractivity contribution < 1.29 is 0 Å². The van der Waals surface area contributed by atoms with E-state index in [2.05, 4.69) is 58.0 Å². The number of rotatable bonds is 3. The molecule has 110 valence electrons. The Kier molecular flexibility index (Phi) is 3.57. The summed E-state index contributed by atoms with van der Waals surface area (Å²) in [6.45, 7) is 10.9. The Hall–Kier alpha value is -1.68. The number of aromatic nitrogens is 3. The van der Waals surface area contributed by atoms with E-state index < -0.39 is 0 Å². The maximum atomic E-state index is 4.78. The van der Waals surface area contributed by atoms with Crippen LogP contribution >= 0.6 is 11.3 Å². The standard InChI is InChI=1S/C17H21N3S/c1-10(2)6-15-19-20-9-14(18-17(20)21-15)16-12(4)7-11(3)8-13(16)5/h7-10H,6H2,1-5H3. The second-order valence-corrected chi connectivity index (χ2v) is 7.26. The molecule has 0 fully saturated rings. The molecule has 21 heavy (non-hydrogen) atoms. The molecule has 4 heteroatoms. The monoisotopic (exact) mass is 299 g/mol. The van der Waals surface area contributed by atoms with Crippen molar-refractivity contribution in [3.05, 3.63) is 40.0 Å². The zero-order chi connectivity index (χ0) is 15.1. The van der Waals surface area contributed by atoms with Gasteiger partial charge in [0, 0.05) is 12.0 Å². The fraction of sp³-hybridized carbons (Fsp3) is 0.412. The van der Waals surface area contributed by atoms with Gasteiger partial charge >= 0.3 is 0 Å². The van der Waals surface area contributed by atoms with Crippen molar-refractivity contribution in [1.82, 2.24) is 14.6 Å². The normalized spacial score (nSPS) is 11.7. The van der Waals surface area contributed by atoms with E-state index in [1.54, 1.807) is 11.3 Å². The summed E-state index contributed by atoms with van der Waals surface area (Å²) in [7, 11) is 0. The summed E-state index contributed by atoms with van der Waals surface area (Å²) < 4.78 is 1.93. The Labute approximate surface area is 129 Å². The van der Waals surface area contributed by atoms with Crippen molar-refractivity contribution in [1.29, 1.82) is 0 Å². The Morgan fingerprint density at radius 1 is 1.14 bits per heavy atom. The molecule has 0 amide bonds. The van der Waals surface area contributed by atoms with E-state index in [0.29, 0.717) is 5.92 Å². The molecule has 0 aliphatic heterocycles. The van der Waals surface area contributed by atoms with Crippen LogP contribution in [0.25, 0.3) is 16.2 Å². The van der Waals surface area contributed by atoms with Gasteiger partial charge in [0.05, 0.1) is 11.9 Å². The largest absolute Gasteiger partial charge is 0.217 e. The number of hydrogen-bond acceptors (Lipinski definition) is 3. The highest BCUT2D eigenvalue weighted by Crippen LogP contribution is 2.29. The molecular formula is C17H21N3S. The van der Waals surface area contributed by atoms with Crippen LogP contribution in [0.4, 0.5) is 0 Å². The Morgan fingerprint density at radius 2 is 1.81 bits per heavy atom. The maximum absolute atomic E-state index is 4.78. The molecule has 0 atom stereocenters. The van der Waals surface area contributed by atoms with Gasteiger partial charge in [-0.05, 0) is 37.8 Å². The molecule has 3 rings (SSSR count). The lowest BCUT2D eigenvalue weighted by molar-refractivity contribution is 0.637. The van der Waals surface area contributed by atoms with Crippen molar-refractivity contribution in [2.45, 2.75) is 41.0 Å². The molecule has 0 aliphatic rings. The molecule has 0 bridgehead atoms. The van der Waals surface area contributed by atoms with E-state index in [1.165, 1.54) is 22.3 Å². The van der Waals surface area contributed by atoms with Gasteiger partial charge in [-0.25, -0.2) is 9.50 Å². The summed E-state index contributed by atoms with van der Waals surface area (Å²) >= 11 is 1.70. The van der Waals surface area contributed by atoms with Gasteiger partial charge in [0.2, 0.25) is 4.96 Å². The first-order valence-electron chi connectivity index (χ1n) is 7.37. The highest BCUT2D eigenvalue weighted by molar-refractivity contribution is 7.16. The number of hydrogen-bond donors (Lipinski definition) is 0. The van der Waals surface area contributed by atoms with Gasteiger partial charge in [-0.3, -0.25) is 0 Å². The van der Waals surface area contributed by atoms with Crippen LogP contribution < -0.4 is 0 Å². The third-order valence-corrected chi connectivity index (χ3v) is 4.55. The Bertz CT molecular complexity index is 741. The van der Waals surface area contributed by atoms with Gasteiger partial charge in [0.25, 0.3) is 0 Å². The van der Waals surface area contributed by atoms with Crippen molar-refractivity contribution in [3.8, 4) is 11.3 Å². The van der Waals surface area contributed by atoms with E-state index in [9.17, 15) is 0 Å². The summed E-state index contributed by atoms with van der Waals surface area (Å²) in [4.78, 5) is 5.77. The second-order valence-electron chi connectivity index (χ2n) is 6.22. The van der Waals surface area contributed by atoms with Crippen LogP contribution in [0.1, 0.15) is 35.5 Å². The molecule has 2 heterocycles. The zero-order valence-electron chi connectivity index (χ0n) is 13.3.